The second-order valence-corrected chi connectivity index (χ2v) is 4.52. The highest BCUT2D eigenvalue weighted by Crippen LogP contribution is 2.32. The lowest BCUT2D eigenvalue weighted by Crippen LogP contribution is -2.49. The Labute approximate surface area is 95.4 Å². The van der Waals surface area contributed by atoms with Crippen LogP contribution in [-0.4, -0.2) is 30.3 Å². The molecular formula is C12H17N3O. The van der Waals surface area contributed by atoms with Crippen molar-refractivity contribution in [1.82, 2.24) is 4.98 Å². The van der Waals surface area contributed by atoms with Crippen LogP contribution in [0.25, 0.3) is 0 Å². The normalized spacial score (nSPS) is 29.1. The third kappa shape index (κ3) is 1.63. The topological polar surface area (TPSA) is 51.4 Å². The lowest BCUT2D eigenvalue weighted by Gasteiger charge is -2.38. The van der Waals surface area contributed by atoms with Crippen molar-refractivity contribution in [2.45, 2.75) is 31.4 Å². The Morgan fingerprint density at radius 2 is 2.31 bits per heavy atom. The van der Waals surface area contributed by atoms with Crippen molar-refractivity contribution in [3.05, 3.63) is 18.2 Å². The molecule has 0 amide bonds. The molecule has 3 rings (SSSR count). The maximum atomic E-state index is 5.78. The molecule has 2 unspecified atom stereocenters. The standard InChI is InChI=1S/C12H17N3O/c13-11-5-2-6-12(14-11)15-7-8-16-10-4-1-3-9(10)15/h2,5-6,9-10H,1,3-4,7-8H2,(H2,13,14). The highest BCUT2D eigenvalue weighted by molar-refractivity contribution is 5.46. The van der Waals surface area contributed by atoms with Gasteiger partial charge in [-0.15, -0.1) is 0 Å². The lowest BCUT2D eigenvalue weighted by molar-refractivity contribution is 0.0253. The summed E-state index contributed by atoms with van der Waals surface area (Å²) in [5.74, 6) is 1.60. The second kappa shape index (κ2) is 3.94. The van der Waals surface area contributed by atoms with E-state index in [2.05, 4.69) is 9.88 Å². The van der Waals surface area contributed by atoms with Gasteiger partial charge in [0.1, 0.15) is 11.6 Å². The number of hydrogen-bond acceptors (Lipinski definition) is 4. The second-order valence-electron chi connectivity index (χ2n) is 4.52. The zero-order valence-corrected chi connectivity index (χ0v) is 9.30. The Bertz CT molecular complexity index is 382. The zero-order chi connectivity index (χ0) is 11.0. The van der Waals surface area contributed by atoms with Gasteiger partial charge in [0.2, 0.25) is 0 Å². The monoisotopic (exact) mass is 219 g/mol. The van der Waals surface area contributed by atoms with E-state index in [-0.39, 0.29) is 0 Å². The first-order valence-electron chi connectivity index (χ1n) is 5.95. The summed E-state index contributed by atoms with van der Waals surface area (Å²) in [6.07, 6.45) is 4.05. The van der Waals surface area contributed by atoms with Crippen molar-refractivity contribution in [1.29, 1.82) is 0 Å². The van der Waals surface area contributed by atoms with E-state index in [1.165, 1.54) is 19.3 Å². The average molecular weight is 219 g/mol. The Kier molecular flexibility index (Phi) is 2.44. The van der Waals surface area contributed by atoms with Gasteiger partial charge in [0.25, 0.3) is 0 Å². The number of pyridine rings is 1. The molecule has 1 aromatic rings. The molecule has 1 aliphatic heterocycles. The summed E-state index contributed by atoms with van der Waals surface area (Å²) in [6, 6.07) is 6.34. The van der Waals surface area contributed by atoms with E-state index in [4.69, 9.17) is 10.5 Å². The zero-order valence-electron chi connectivity index (χ0n) is 9.30. The van der Waals surface area contributed by atoms with Crippen LogP contribution in [0, 0.1) is 0 Å². The van der Waals surface area contributed by atoms with E-state index < -0.39 is 0 Å². The smallest absolute Gasteiger partial charge is 0.131 e. The van der Waals surface area contributed by atoms with Crippen LogP contribution in [0.3, 0.4) is 0 Å². The van der Waals surface area contributed by atoms with Crippen LogP contribution in [0.2, 0.25) is 0 Å². The van der Waals surface area contributed by atoms with E-state index in [1.807, 2.05) is 18.2 Å². The molecule has 86 valence electrons. The van der Waals surface area contributed by atoms with Crippen molar-refractivity contribution in [3.63, 3.8) is 0 Å². The molecular weight excluding hydrogens is 202 g/mol. The van der Waals surface area contributed by atoms with Crippen molar-refractivity contribution < 1.29 is 4.74 Å². The van der Waals surface area contributed by atoms with E-state index in [1.54, 1.807) is 0 Å². The molecule has 1 saturated heterocycles. The SMILES string of the molecule is Nc1cccc(N2CCOC3CCCC32)n1. The number of aromatic nitrogens is 1. The molecule has 0 bridgehead atoms. The summed E-state index contributed by atoms with van der Waals surface area (Å²) < 4.78 is 5.78. The van der Waals surface area contributed by atoms with Crippen molar-refractivity contribution in [3.8, 4) is 0 Å². The number of nitrogens with two attached hydrogens (primary N) is 1. The van der Waals surface area contributed by atoms with E-state index in [0.29, 0.717) is 18.0 Å². The quantitative estimate of drug-likeness (QED) is 0.776. The molecule has 16 heavy (non-hydrogen) atoms. The van der Waals surface area contributed by atoms with E-state index in [9.17, 15) is 0 Å². The first-order chi connectivity index (χ1) is 7.84. The minimum absolute atomic E-state index is 0.400. The van der Waals surface area contributed by atoms with Crippen LogP contribution >= 0.6 is 0 Å². The molecule has 2 aliphatic rings. The minimum atomic E-state index is 0.400. The summed E-state index contributed by atoms with van der Waals surface area (Å²) >= 11 is 0. The molecule has 2 N–H and O–H groups in total. The van der Waals surface area contributed by atoms with Crippen LogP contribution in [0.1, 0.15) is 19.3 Å². The first kappa shape index (κ1) is 9.90. The van der Waals surface area contributed by atoms with Crippen molar-refractivity contribution in [2.24, 2.45) is 0 Å². The van der Waals surface area contributed by atoms with Gasteiger partial charge in [0.05, 0.1) is 18.8 Å². The maximum Gasteiger partial charge on any atom is 0.131 e. The third-order valence-corrected chi connectivity index (χ3v) is 3.53. The fourth-order valence-corrected chi connectivity index (χ4v) is 2.81. The Morgan fingerprint density at radius 3 is 3.19 bits per heavy atom. The van der Waals surface area contributed by atoms with E-state index in [0.717, 1.165) is 19.0 Å². The van der Waals surface area contributed by atoms with Gasteiger partial charge in [-0.1, -0.05) is 6.07 Å². The van der Waals surface area contributed by atoms with Crippen molar-refractivity contribution in [2.75, 3.05) is 23.8 Å². The molecule has 4 heteroatoms. The Hall–Kier alpha value is -1.29. The van der Waals surface area contributed by atoms with Crippen molar-refractivity contribution >= 4 is 11.6 Å². The highest BCUT2D eigenvalue weighted by atomic mass is 16.5. The Balaban J connectivity index is 1.88. The van der Waals surface area contributed by atoms with Gasteiger partial charge in [0, 0.05) is 6.54 Å². The molecule has 1 aliphatic carbocycles. The third-order valence-electron chi connectivity index (χ3n) is 3.53. The van der Waals surface area contributed by atoms with Crippen LogP contribution < -0.4 is 10.6 Å². The van der Waals surface area contributed by atoms with Gasteiger partial charge < -0.3 is 15.4 Å². The predicted molar refractivity (Wildman–Crippen MR) is 63.4 cm³/mol. The van der Waals surface area contributed by atoms with Gasteiger partial charge in [-0.3, -0.25) is 0 Å². The molecule has 0 radical (unpaired) electrons. The number of nitrogen functional groups attached to an aromatic ring is 1. The number of hydrogen-bond donors (Lipinski definition) is 1. The molecule has 2 atom stereocenters. The molecule has 1 saturated carbocycles. The Morgan fingerprint density at radius 1 is 1.38 bits per heavy atom. The van der Waals surface area contributed by atoms with Crippen LogP contribution in [0.5, 0.6) is 0 Å². The first-order valence-corrected chi connectivity index (χ1v) is 5.95. The number of ether oxygens (including phenoxy) is 1. The molecule has 1 aromatic heterocycles. The molecule has 4 nitrogen and oxygen atoms in total. The number of rotatable bonds is 1. The summed E-state index contributed by atoms with van der Waals surface area (Å²) in [5, 5.41) is 0. The average Bonchev–Trinajstić information content (AvgIpc) is 2.76. The van der Waals surface area contributed by atoms with E-state index >= 15 is 0 Å². The maximum absolute atomic E-state index is 5.78. The summed E-state index contributed by atoms with van der Waals surface area (Å²) in [7, 11) is 0. The number of fused-ring (bicyclic) bond motifs is 1. The predicted octanol–water partition coefficient (Wildman–Crippen LogP) is 1.42. The number of morpholine rings is 1. The largest absolute Gasteiger partial charge is 0.384 e. The number of nitrogens with zero attached hydrogens (tertiary/aromatic N) is 2. The van der Waals surface area contributed by atoms with Crippen LogP contribution in [0.15, 0.2) is 18.2 Å². The van der Waals surface area contributed by atoms with Crippen LogP contribution in [0.4, 0.5) is 11.6 Å². The van der Waals surface area contributed by atoms with Gasteiger partial charge >= 0.3 is 0 Å². The van der Waals surface area contributed by atoms with Gasteiger partial charge in [-0.25, -0.2) is 4.98 Å². The minimum Gasteiger partial charge on any atom is -0.384 e. The fourth-order valence-electron chi connectivity index (χ4n) is 2.81. The molecule has 0 aromatic carbocycles. The molecule has 2 fully saturated rings. The van der Waals surface area contributed by atoms with Gasteiger partial charge in [0.15, 0.2) is 0 Å². The molecule has 2 heterocycles. The van der Waals surface area contributed by atoms with Gasteiger partial charge in [-0.2, -0.15) is 0 Å². The summed E-state index contributed by atoms with van der Waals surface area (Å²) in [4.78, 5) is 6.76. The molecule has 0 spiro atoms. The summed E-state index contributed by atoms with van der Waals surface area (Å²) in [6.45, 7) is 1.73. The fraction of sp³-hybridized carbons (Fsp3) is 0.583. The van der Waals surface area contributed by atoms with Gasteiger partial charge in [-0.05, 0) is 31.4 Å². The lowest BCUT2D eigenvalue weighted by atomic mass is 10.1. The summed E-state index contributed by atoms with van der Waals surface area (Å²) in [5.41, 5.74) is 5.73. The van der Waals surface area contributed by atoms with Crippen LogP contribution in [-0.2, 0) is 4.74 Å². The number of anilines is 2. The highest BCUT2D eigenvalue weighted by Gasteiger charge is 2.36.